The fourth-order valence-corrected chi connectivity index (χ4v) is 6.20. The van der Waals surface area contributed by atoms with Crippen LogP contribution in [0.2, 0.25) is 0 Å². The molecule has 0 fully saturated rings. The molecule has 1 unspecified atom stereocenters. The number of hydrogen-bond acceptors (Lipinski definition) is 5. The number of rotatable bonds is 5. The number of carbonyl (C=O) groups is 1. The first-order valence-electron chi connectivity index (χ1n) is 11.7. The van der Waals surface area contributed by atoms with Crippen LogP contribution < -0.4 is 10.5 Å². The van der Waals surface area contributed by atoms with E-state index in [0.29, 0.717) is 12.2 Å². The van der Waals surface area contributed by atoms with E-state index in [0.717, 1.165) is 33.4 Å². The van der Waals surface area contributed by atoms with Crippen LogP contribution in [0, 0.1) is 27.7 Å². The molecule has 0 aliphatic carbocycles. The Morgan fingerprint density at radius 3 is 2.23 bits per heavy atom. The zero-order valence-electron chi connectivity index (χ0n) is 21.1. The van der Waals surface area contributed by atoms with Crippen LogP contribution in [0.25, 0.3) is 0 Å². The van der Waals surface area contributed by atoms with Gasteiger partial charge < -0.3 is 5.73 Å². The second-order valence-corrected chi connectivity index (χ2v) is 11.7. The number of anilines is 1. The Morgan fingerprint density at radius 1 is 0.971 bits per heavy atom. The van der Waals surface area contributed by atoms with Crippen molar-refractivity contribution in [2.75, 3.05) is 5.73 Å². The smallest absolute Gasteiger partial charge is 0.264 e. The lowest BCUT2D eigenvalue weighted by Crippen LogP contribution is -2.45. The molecule has 0 aromatic heterocycles. The SMILES string of the molecule is Cc1cc(C)c(CN2C(C(=O)NS(=O)(=O)c3ccc(C)c(N)c3)c3ccccc3C2(C)C)c(C)c1. The molecule has 7 heteroatoms. The van der Waals surface area contributed by atoms with Crippen molar-refractivity contribution in [2.45, 2.75) is 64.6 Å². The third-order valence-electron chi connectivity index (χ3n) is 7.16. The Hall–Kier alpha value is -3.16. The van der Waals surface area contributed by atoms with Gasteiger partial charge in [0.25, 0.3) is 15.9 Å². The Labute approximate surface area is 208 Å². The fraction of sp³-hybridized carbons (Fsp3) is 0.321. The summed E-state index contributed by atoms with van der Waals surface area (Å²) in [5, 5.41) is 0. The first-order valence-corrected chi connectivity index (χ1v) is 13.2. The third-order valence-corrected chi connectivity index (χ3v) is 8.50. The van der Waals surface area contributed by atoms with Gasteiger partial charge >= 0.3 is 0 Å². The molecule has 0 saturated carbocycles. The van der Waals surface area contributed by atoms with Crippen LogP contribution >= 0.6 is 0 Å². The van der Waals surface area contributed by atoms with Crippen LogP contribution in [0.5, 0.6) is 0 Å². The summed E-state index contributed by atoms with van der Waals surface area (Å²) >= 11 is 0. The molecular weight excluding hydrogens is 458 g/mol. The van der Waals surface area contributed by atoms with E-state index >= 15 is 0 Å². The first-order chi connectivity index (χ1) is 16.3. The maximum atomic E-state index is 13.7. The van der Waals surface area contributed by atoms with Gasteiger partial charge in [0.2, 0.25) is 0 Å². The molecule has 3 aromatic rings. The predicted octanol–water partition coefficient (Wildman–Crippen LogP) is 4.80. The molecule has 4 rings (SSSR count). The highest BCUT2D eigenvalue weighted by molar-refractivity contribution is 7.90. The lowest BCUT2D eigenvalue weighted by Gasteiger charge is -2.36. The highest BCUT2D eigenvalue weighted by Crippen LogP contribution is 2.47. The van der Waals surface area contributed by atoms with Gasteiger partial charge in [-0.2, -0.15) is 0 Å². The average Bonchev–Trinajstić information content (AvgIpc) is 2.99. The Balaban J connectivity index is 1.75. The van der Waals surface area contributed by atoms with Gasteiger partial charge in [0.15, 0.2) is 0 Å². The molecule has 6 nitrogen and oxygen atoms in total. The summed E-state index contributed by atoms with van der Waals surface area (Å²) in [6, 6.07) is 15.8. The largest absolute Gasteiger partial charge is 0.398 e. The van der Waals surface area contributed by atoms with Crippen molar-refractivity contribution in [1.82, 2.24) is 9.62 Å². The van der Waals surface area contributed by atoms with E-state index in [4.69, 9.17) is 5.73 Å². The summed E-state index contributed by atoms with van der Waals surface area (Å²) in [6.45, 7) is 12.7. The molecule has 0 spiro atoms. The fourth-order valence-electron chi connectivity index (χ4n) is 5.17. The number of aryl methyl sites for hydroxylation is 4. The normalized spacial score (nSPS) is 17.3. The summed E-state index contributed by atoms with van der Waals surface area (Å²) in [4.78, 5) is 15.8. The van der Waals surface area contributed by atoms with E-state index in [2.05, 4.69) is 56.4 Å². The monoisotopic (exact) mass is 491 g/mol. The van der Waals surface area contributed by atoms with Crippen molar-refractivity contribution in [3.8, 4) is 0 Å². The van der Waals surface area contributed by atoms with E-state index in [-0.39, 0.29) is 4.90 Å². The first kappa shape index (κ1) is 24.9. The summed E-state index contributed by atoms with van der Waals surface area (Å²) in [5.41, 5.74) is 13.0. The predicted molar refractivity (Wildman–Crippen MR) is 139 cm³/mol. The molecule has 184 valence electrons. The lowest BCUT2D eigenvalue weighted by atomic mass is 9.92. The van der Waals surface area contributed by atoms with Crippen molar-refractivity contribution in [2.24, 2.45) is 0 Å². The summed E-state index contributed by atoms with van der Waals surface area (Å²) in [6.07, 6.45) is 0. The van der Waals surface area contributed by atoms with Crippen LogP contribution in [0.4, 0.5) is 5.69 Å². The van der Waals surface area contributed by atoms with Crippen molar-refractivity contribution < 1.29 is 13.2 Å². The van der Waals surface area contributed by atoms with Crippen molar-refractivity contribution >= 4 is 21.6 Å². The van der Waals surface area contributed by atoms with Crippen LogP contribution in [0.1, 0.15) is 58.8 Å². The zero-order chi connectivity index (χ0) is 25.7. The standard InChI is InChI=1S/C28H33N3O3S/c1-17-13-19(3)23(20(4)14-17)16-31-26(22-9-7-8-10-24(22)28(31,5)6)27(32)30-35(33,34)21-12-11-18(2)25(29)15-21/h7-15,26H,16,29H2,1-6H3,(H,30,32). The number of benzene rings is 3. The van der Waals surface area contributed by atoms with E-state index in [1.54, 1.807) is 13.0 Å². The van der Waals surface area contributed by atoms with Gasteiger partial charge in [-0.25, -0.2) is 13.1 Å². The minimum absolute atomic E-state index is 0.0312. The van der Waals surface area contributed by atoms with Crippen LogP contribution in [-0.2, 0) is 26.9 Å². The number of amides is 1. The van der Waals surface area contributed by atoms with Crippen LogP contribution in [-0.4, -0.2) is 19.2 Å². The average molecular weight is 492 g/mol. The van der Waals surface area contributed by atoms with E-state index in [1.807, 2.05) is 24.3 Å². The maximum absolute atomic E-state index is 13.7. The maximum Gasteiger partial charge on any atom is 0.264 e. The topological polar surface area (TPSA) is 92.5 Å². The molecule has 0 radical (unpaired) electrons. The molecule has 35 heavy (non-hydrogen) atoms. The Bertz CT molecular complexity index is 1400. The lowest BCUT2D eigenvalue weighted by molar-refractivity contribution is -0.126. The molecule has 0 bridgehead atoms. The number of nitrogens with one attached hydrogen (secondary N) is 1. The van der Waals surface area contributed by atoms with E-state index in [9.17, 15) is 13.2 Å². The molecule has 1 aliphatic rings. The Morgan fingerprint density at radius 2 is 1.60 bits per heavy atom. The molecule has 1 heterocycles. The van der Waals surface area contributed by atoms with Gasteiger partial charge in [0.05, 0.1) is 4.90 Å². The van der Waals surface area contributed by atoms with E-state index < -0.39 is 27.5 Å². The second-order valence-electron chi connectivity index (χ2n) is 10.0. The van der Waals surface area contributed by atoms with Crippen molar-refractivity contribution in [1.29, 1.82) is 0 Å². The quantitative estimate of drug-likeness (QED) is 0.500. The minimum atomic E-state index is -4.10. The number of nitrogen functional groups attached to an aromatic ring is 1. The number of nitrogens with zero attached hydrogens (tertiary/aromatic N) is 1. The van der Waals surface area contributed by atoms with Gasteiger partial charge in [-0.3, -0.25) is 9.69 Å². The van der Waals surface area contributed by atoms with E-state index in [1.165, 1.54) is 17.7 Å². The highest BCUT2D eigenvalue weighted by Gasteiger charge is 2.47. The molecule has 3 N–H and O–H groups in total. The summed E-state index contributed by atoms with van der Waals surface area (Å²) in [5.74, 6) is -0.579. The number of nitrogens with two attached hydrogens (primary N) is 1. The molecule has 1 atom stereocenters. The zero-order valence-corrected chi connectivity index (χ0v) is 22.0. The van der Waals surface area contributed by atoms with Gasteiger partial charge in [0.1, 0.15) is 6.04 Å². The number of carbonyl (C=O) groups excluding carboxylic acids is 1. The molecule has 0 saturated heterocycles. The molecular formula is C28H33N3O3S. The van der Waals surface area contributed by atoms with Crippen LogP contribution in [0.15, 0.2) is 59.5 Å². The number of hydrogen-bond donors (Lipinski definition) is 2. The van der Waals surface area contributed by atoms with Crippen molar-refractivity contribution in [3.63, 3.8) is 0 Å². The third kappa shape index (κ3) is 4.46. The number of sulfonamides is 1. The molecule has 3 aromatic carbocycles. The summed E-state index contributed by atoms with van der Waals surface area (Å²) < 4.78 is 28.6. The second kappa shape index (κ2) is 8.81. The van der Waals surface area contributed by atoms with Gasteiger partial charge in [-0.15, -0.1) is 0 Å². The van der Waals surface area contributed by atoms with Crippen molar-refractivity contribution in [3.05, 3.63) is 93.5 Å². The molecule has 1 aliphatic heterocycles. The Kier molecular flexibility index (Phi) is 6.28. The summed E-state index contributed by atoms with van der Waals surface area (Å²) in [7, 11) is -4.10. The van der Waals surface area contributed by atoms with Gasteiger partial charge in [-0.05, 0) is 87.1 Å². The van der Waals surface area contributed by atoms with Gasteiger partial charge in [0, 0.05) is 17.8 Å². The van der Waals surface area contributed by atoms with Gasteiger partial charge in [-0.1, -0.05) is 48.0 Å². The van der Waals surface area contributed by atoms with Crippen LogP contribution in [0.3, 0.4) is 0 Å². The highest BCUT2D eigenvalue weighted by atomic mass is 32.2. The minimum Gasteiger partial charge on any atom is -0.398 e. The number of fused-ring (bicyclic) bond motifs is 1. The molecule has 1 amide bonds.